The van der Waals surface area contributed by atoms with Crippen LogP contribution in [0.15, 0.2) is 29.9 Å². The van der Waals surface area contributed by atoms with Crippen molar-refractivity contribution in [2.45, 2.75) is 19.6 Å². The van der Waals surface area contributed by atoms with Gasteiger partial charge in [-0.3, -0.25) is 4.98 Å². The molecule has 2 aromatic rings. The van der Waals surface area contributed by atoms with Gasteiger partial charge in [-0.05, 0) is 24.6 Å². The van der Waals surface area contributed by atoms with Crippen LogP contribution in [0.2, 0.25) is 5.02 Å². The predicted octanol–water partition coefficient (Wildman–Crippen LogP) is 3.40. The zero-order chi connectivity index (χ0) is 12.3. The van der Waals surface area contributed by atoms with Gasteiger partial charge < -0.3 is 10.5 Å². The molecule has 0 saturated carbocycles. The number of benzene rings is 1. The molecular weight excluding hydrogens is 256 g/mol. The van der Waals surface area contributed by atoms with Crippen LogP contribution in [-0.2, 0) is 6.61 Å². The minimum absolute atomic E-state index is 0.0250. The summed E-state index contributed by atoms with van der Waals surface area (Å²) in [7, 11) is 0. The smallest absolute Gasteiger partial charge is 0.138 e. The molecule has 17 heavy (non-hydrogen) atoms. The molecule has 0 amide bonds. The largest absolute Gasteiger partial charge is 0.486 e. The summed E-state index contributed by atoms with van der Waals surface area (Å²) in [5.41, 5.74) is 8.56. The molecule has 2 rings (SSSR count). The van der Waals surface area contributed by atoms with Crippen LogP contribution in [0.4, 0.5) is 0 Å². The fraction of sp³-hybridized carbons (Fsp3) is 0.250. The molecule has 3 nitrogen and oxygen atoms in total. The van der Waals surface area contributed by atoms with Crippen LogP contribution in [0.1, 0.15) is 23.4 Å². The molecule has 0 fully saturated rings. The lowest BCUT2D eigenvalue weighted by atomic mass is 10.1. The van der Waals surface area contributed by atoms with E-state index in [-0.39, 0.29) is 6.04 Å². The van der Waals surface area contributed by atoms with Gasteiger partial charge >= 0.3 is 0 Å². The molecule has 0 radical (unpaired) electrons. The van der Waals surface area contributed by atoms with Crippen molar-refractivity contribution in [2.24, 2.45) is 5.73 Å². The summed E-state index contributed by atoms with van der Waals surface area (Å²) in [6, 6.07) is 5.59. The maximum absolute atomic E-state index is 6.12. The summed E-state index contributed by atoms with van der Waals surface area (Å²) in [5.74, 6) is 0.671. The highest BCUT2D eigenvalue weighted by atomic mass is 35.5. The Morgan fingerprint density at radius 1 is 1.53 bits per heavy atom. The number of nitrogens with zero attached hydrogens (tertiary/aromatic N) is 1. The third kappa shape index (κ3) is 3.19. The van der Waals surface area contributed by atoms with Gasteiger partial charge in [0.15, 0.2) is 0 Å². The maximum Gasteiger partial charge on any atom is 0.138 e. The van der Waals surface area contributed by atoms with Crippen LogP contribution in [0.5, 0.6) is 5.75 Å². The fourth-order valence-electron chi connectivity index (χ4n) is 1.38. The first kappa shape index (κ1) is 12.4. The lowest BCUT2D eigenvalue weighted by Crippen LogP contribution is -2.05. The molecule has 2 N–H and O–H groups in total. The zero-order valence-electron chi connectivity index (χ0n) is 9.39. The van der Waals surface area contributed by atoms with Gasteiger partial charge in [-0.1, -0.05) is 17.7 Å². The maximum atomic E-state index is 6.12. The quantitative estimate of drug-likeness (QED) is 0.925. The Balaban J connectivity index is 2.06. The second-order valence-corrected chi connectivity index (χ2v) is 5.11. The van der Waals surface area contributed by atoms with E-state index in [2.05, 4.69) is 4.98 Å². The summed E-state index contributed by atoms with van der Waals surface area (Å²) in [4.78, 5) is 5.05. The predicted molar refractivity (Wildman–Crippen MR) is 70.5 cm³/mol. The number of rotatable bonds is 4. The first-order valence-electron chi connectivity index (χ1n) is 5.22. The average Bonchev–Trinajstić information content (AvgIpc) is 2.80. The van der Waals surface area contributed by atoms with E-state index in [0.717, 1.165) is 10.4 Å². The second-order valence-electron chi connectivity index (χ2n) is 3.73. The van der Waals surface area contributed by atoms with Crippen molar-refractivity contribution in [3.63, 3.8) is 0 Å². The Morgan fingerprint density at radius 3 is 2.94 bits per heavy atom. The Kier molecular flexibility index (Phi) is 3.99. The van der Waals surface area contributed by atoms with Crippen LogP contribution in [-0.4, -0.2) is 4.98 Å². The van der Waals surface area contributed by atoms with Gasteiger partial charge in [0.2, 0.25) is 0 Å². The molecule has 0 saturated heterocycles. The van der Waals surface area contributed by atoms with E-state index in [9.17, 15) is 0 Å². The number of hydrogen-bond acceptors (Lipinski definition) is 4. The van der Waals surface area contributed by atoms with Crippen LogP contribution in [0.25, 0.3) is 0 Å². The van der Waals surface area contributed by atoms with Gasteiger partial charge in [0.25, 0.3) is 0 Å². The molecule has 0 spiro atoms. The fourth-order valence-corrected chi connectivity index (χ4v) is 2.13. The van der Waals surface area contributed by atoms with Crippen molar-refractivity contribution in [3.8, 4) is 5.75 Å². The van der Waals surface area contributed by atoms with Crippen LogP contribution in [0.3, 0.4) is 0 Å². The van der Waals surface area contributed by atoms with Crippen molar-refractivity contribution in [3.05, 3.63) is 45.4 Å². The third-order valence-electron chi connectivity index (χ3n) is 2.34. The van der Waals surface area contributed by atoms with E-state index in [1.54, 1.807) is 23.0 Å². The van der Waals surface area contributed by atoms with Crippen molar-refractivity contribution < 1.29 is 4.74 Å². The summed E-state index contributed by atoms with van der Waals surface area (Å²) < 4.78 is 5.61. The highest BCUT2D eigenvalue weighted by molar-refractivity contribution is 7.09. The Hall–Kier alpha value is -1.10. The summed E-state index contributed by atoms with van der Waals surface area (Å²) in [6.07, 6.45) is 1.79. The number of nitrogens with two attached hydrogens (primary N) is 1. The van der Waals surface area contributed by atoms with Crippen molar-refractivity contribution >= 4 is 22.9 Å². The summed E-state index contributed by atoms with van der Waals surface area (Å²) >= 11 is 7.68. The topological polar surface area (TPSA) is 48.1 Å². The van der Waals surface area contributed by atoms with E-state index in [4.69, 9.17) is 22.1 Å². The number of thiazole rings is 1. The molecular formula is C12H13ClN2OS. The van der Waals surface area contributed by atoms with Gasteiger partial charge in [-0.2, -0.15) is 0 Å². The normalized spacial score (nSPS) is 12.4. The summed E-state index contributed by atoms with van der Waals surface area (Å²) in [6.45, 7) is 2.41. The minimum Gasteiger partial charge on any atom is -0.486 e. The lowest BCUT2D eigenvalue weighted by Gasteiger charge is -2.10. The molecule has 1 aromatic carbocycles. The first-order chi connectivity index (χ1) is 8.16. The van der Waals surface area contributed by atoms with E-state index in [1.807, 2.05) is 25.1 Å². The molecule has 0 aliphatic rings. The zero-order valence-corrected chi connectivity index (χ0v) is 11.0. The van der Waals surface area contributed by atoms with Crippen molar-refractivity contribution in [1.29, 1.82) is 0 Å². The molecule has 1 atom stereocenters. The van der Waals surface area contributed by atoms with Gasteiger partial charge in [-0.15, -0.1) is 11.3 Å². The first-order valence-corrected chi connectivity index (χ1v) is 6.48. The van der Waals surface area contributed by atoms with Crippen molar-refractivity contribution in [2.75, 3.05) is 0 Å². The Morgan fingerprint density at radius 2 is 2.35 bits per heavy atom. The third-order valence-corrected chi connectivity index (χ3v) is 3.38. The average molecular weight is 269 g/mol. The second kappa shape index (κ2) is 5.49. The molecule has 1 heterocycles. The van der Waals surface area contributed by atoms with Crippen LogP contribution in [0, 0.1) is 0 Å². The highest BCUT2D eigenvalue weighted by Gasteiger charge is 2.06. The van der Waals surface area contributed by atoms with Gasteiger partial charge in [-0.25, -0.2) is 0 Å². The minimum atomic E-state index is -0.0250. The molecule has 5 heteroatoms. The molecule has 1 unspecified atom stereocenters. The van der Waals surface area contributed by atoms with Crippen LogP contribution >= 0.6 is 22.9 Å². The molecule has 0 aliphatic carbocycles. The standard InChI is InChI=1S/C12H13ClN2OS/c1-8(14)9-2-3-12(11(13)4-9)16-6-10-5-15-7-17-10/h2-5,7-8H,6,14H2,1H3. The molecule has 1 aromatic heterocycles. The Bertz CT molecular complexity index is 485. The Labute approximate surface area is 109 Å². The van der Waals surface area contributed by atoms with E-state index in [1.165, 1.54) is 0 Å². The van der Waals surface area contributed by atoms with Crippen molar-refractivity contribution in [1.82, 2.24) is 4.98 Å². The molecule has 90 valence electrons. The highest BCUT2D eigenvalue weighted by Crippen LogP contribution is 2.28. The summed E-state index contributed by atoms with van der Waals surface area (Å²) in [5, 5.41) is 0.587. The number of aromatic nitrogens is 1. The van der Waals surface area contributed by atoms with Gasteiger partial charge in [0.1, 0.15) is 12.4 Å². The van der Waals surface area contributed by atoms with Crippen LogP contribution < -0.4 is 10.5 Å². The van der Waals surface area contributed by atoms with E-state index < -0.39 is 0 Å². The number of halogens is 1. The monoisotopic (exact) mass is 268 g/mol. The van der Waals surface area contributed by atoms with E-state index in [0.29, 0.717) is 17.4 Å². The van der Waals surface area contributed by atoms with Gasteiger partial charge in [0, 0.05) is 12.2 Å². The van der Waals surface area contributed by atoms with Gasteiger partial charge in [0.05, 0.1) is 15.4 Å². The number of hydrogen-bond donors (Lipinski definition) is 1. The SMILES string of the molecule is CC(N)c1ccc(OCc2cncs2)c(Cl)c1. The number of ether oxygens (including phenoxy) is 1. The van der Waals surface area contributed by atoms with E-state index >= 15 is 0 Å². The molecule has 0 aliphatic heterocycles. The molecule has 0 bridgehead atoms. The lowest BCUT2D eigenvalue weighted by molar-refractivity contribution is 0.309.